The first kappa shape index (κ1) is 25.0. The molecule has 0 fully saturated rings. The number of thiazole rings is 1. The lowest BCUT2D eigenvalue weighted by atomic mass is 10.2. The van der Waals surface area contributed by atoms with Crippen LogP contribution in [-0.2, 0) is 10.1 Å². The van der Waals surface area contributed by atoms with Gasteiger partial charge in [0.15, 0.2) is 11.5 Å². The summed E-state index contributed by atoms with van der Waals surface area (Å²) in [7, 11) is -2.57. The summed E-state index contributed by atoms with van der Waals surface area (Å²) < 4.78 is 35.8. The van der Waals surface area contributed by atoms with Crippen LogP contribution >= 0.6 is 34.5 Å². The van der Waals surface area contributed by atoms with Crippen molar-refractivity contribution in [3.05, 3.63) is 87.2 Å². The van der Waals surface area contributed by atoms with Crippen LogP contribution in [0.25, 0.3) is 11.3 Å². The number of nitrogens with one attached hydrogen (secondary N) is 1. The number of hydrogen-bond donors (Lipinski definition) is 1. The van der Waals surface area contributed by atoms with Crippen molar-refractivity contribution in [2.24, 2.45) is 5.10 Å². The molecule has 0 radical (unpaired) electrons. The number of nitrogens with zero attached hydrogens (tertiary/aromatic N) is 2. The Balaban J connectivity index is 1.45. The molecule has 180 valence electrons. The van der Waals surface area contributed by atoms with Gasteiger partial charge in [-0.2, -0.15) is 13.5 Å². The van der Waals surface area contributed by atoms with Crippen LogP contribution in [0.1, 0.15) is 11.1 Å². The van der Waals surface area contributed by atoms with E-state index in [1.165, 1.54) is 36.6 Å². The Bertz CT molecular complexity index is 1490. The number of ether oxygens (including phenoxy) is 1. The van der Waals surface area contributed by atoms with Crippen LogP contribution in [0.15, 0.2) is 76.0 Å². The quantitative estimate of drug-likeness (QED) is 0.151. The molecule has 0 amide bonds. The molecule has 11 heteroatoms. The molecule has 7 nitrogen and oxygen atoms in total. The average Bonchev–Trinajstić information content (AvgIpc) is 3.31. The van der Waals surface area contributed by atoms with Gasteiger partial charge in [0.1, 0.15) is 4.90 Å². The highest BCUT2D eigenvalue weighted by Gasteiger charge is 2.19. The fourth-order valence-corrected chi connectivity index (χ4v) is 4.89. The largest absolute Gasteiger partial charge is 0.493 e. The van der Waals surface area contributed by atoms with Crippen molar-refractivity contribution in [2.45, 2.75) is 11.8 Å². The molecular formula is C24H19Cl2N3O4S2. The third-order valence-electron chi connectivity index (χ3n) is 4.79. The number of aromatic nitrogens is 1. The van der Waals surface area contributed by atoms with E-state index in [1.54, 1.807) is 42.6 Å². The van der Waals surface area contributed by atoms with Gasteiger partial charge in [-0.25, -0.2) is 4.98 Å². The molecule has 0 saturated carbocycles. The summed E-state index contributed by atoms with van der Waals surface area (Å²) in [5, 5.41) is 7.59. The summed E-state index contributed by atoms with van der Waals surface area (Å²) in [5.74, 6) is 0.324. The van der Waals surface area contributed by atoms with E-state index in [0.29, 0.717) is 20.7 Å². The van der Waals surface area contributed by atoms with Gasteiger partial charge < -0.3 is 8.92 Å². The number of halogens is 2. The van der Waals surface area contributed by atoms with E-state index in [9.17, 15) is 8.42 Å². The summed E-state index contributed by atoms with van der Waals surface area (Å²) >= 11 is 13.4. The molecule has 35 heavy (non-hydrogen) atoms. The molecular weight excluding hydrogens is 529 g/mol. The number of hydrazone groups is 1. The topological polar surface area (TPSA) is 89.9 Å². The molecule has 4 aromatic rings. The Morgan fingerprint density at radius 1 is 1.00 bits per heavy atom. The van der Waals surface area contributed by atoms with E-state index < -0.39 is 10.1 Å². The van der Waals surface area contributed by atoms with Gasteiger partial charge in [0.05, 0.1) is 29.1 Å². The Hall–Kier alpha value is -3.11. The monoisotopic (exact) mass is 547 g/mol. The number of rotatable bonds is 8. The lowest BCUT2D eigenvalue weighted by molar-refractivity contribution is 0.390. The SMILES string of the molecule is COc1cc(/C=N\Nc2nc(-c3ccc(Cl)c(Cl)c3)cs2)ccc1OS(=O)(=O)c1ccc(C)cc1. The highest BCUT2D eigenvalue weighted by molar-refractivity contribution is 7.87. The van der Waals surface area contributed by atoms with Crippen LogP contribution in [0.3, 0.4) is 0 Å². The third kappa shape index (κ3) is 6.12. The van der Waals surface area contributed by atoms with Crippen molar-refractivity contribution < 1.29 is 17.3 Å². The van der Waals surface area contributed by atoms with E-state index in [-0.39, 0.29) is 16.4 Å². The molecule has 0 aliphatic carbocycles. The molecule has 0 atom stereocenters. The fraction of sp³-hybridized carbons (Fsp3) is 0.0833. The van der Waals surface area contributed by atoms with Gasteiger partial charge in [-0.1, -0.05) is 47.0 Å². The van der Waals surface area contributed by atoms with Crippen LogP contribution in [-0.4, -0.2) is 26.7 Å². The number of anilines is 1. The van der Waals surface area contributed by atoms with E-state index in [4.69, 9.17) is 32.1 Å². The minimum Gasteiger partial charge on any atom is -0.493 e. The standard InChI is InChI=1S/C24H19Cl2N3O4S2/c1-15-3-7-18(8-4-15)35(30,31)33-22-10-5-16(11-23(22)32-2)13-27-29-24-28-21(14-34-24)17-6-9-19(25)20(26)12-17/h3-14H,1-2H3,(H,28,29)/b27-13-. The third-order valence-corrected chi connectivity index (χ3v) is 7.52. The molecule has 0 saturated heterocycles. The van der Waals surface area contributed by atoms with Crippen molar-refractivity contribution in [2.75, 3.05) is 12.5 Å². The summed E-state index contributed by atoms with van der Waals surface area (Å²) in [6.45, 7) is 1.87. The Labute approximate surface area is 217 Å². The van der Waals surface area contributed by atoms with Crippen LogP contribution < -0.4 is 14.3 Å². The number of benzene rings is 3. The Kier molecular flexibility index (Phi) is 7.61. The minimum atomic E-state index is -4.00. The number of methoxy groups -OCH3 is 1. The summed E-state index contributed by atoms with van der Waals surface area (Å²) in [6.07, 6.45) is 1.56. The molecule has 1 aromatic heterocycles. The zero-order valence-electron chi connectivity index (χ0n) is 18.5. The van der Waals surface area contributed by atoms with Gasteiger partial charge in [0.25, 0.3) is 0 Å². The Morgan fingerprint density at radius 2 is 1.77 bits per heavy atom. The van der Waals surface area contributed by atoms with Crippen molar-refractivity contribution >= 4 is 56.0 Å². The predicted octanol–water partition coefficient (Wildman–Crippen LogP) is 6.65. The van der Waals surface area contributed by atoms with Crippen molar-refractivity contribution in [1.82, 2.24) is 4.98 Å². The van der Waals surface area contributed by atoms with Crippen molar-refractivity contribution in [1.29, 1.82) is 0 Å². The van der Waals surface area contributed by atoms with Crippen LogP contribution in [0, 0.1) is 6.92 Å². The zero-order valence-corrected chi connectivity index (χ0v) is 21.7. The molecule has 0 aliphatic rings. The van der Waals surface area contributed by atoms with Crippen LogP contribution in [0.2, 0.25) is 10.0 Å². The molecule has 0 aliphatic heterocycles. The molecule has 3 aromatic carbocycles. The van der Waals surface area contributed by atoms with Gasteiger partial charge in [-0.05, 0) is 55.0 Å². The van der Waals surface area contributed by atoms with Crippen LogP contribution in [0.5, 0.6) is 11.5 Å². The maximum atomic E-state index is 12.6. The molecule has 0 spiro atoms. The highest BCUT2D eigenvalue weighted by Crippen LogP contribution is 2.32. The fourth-order valence-electron chi connectivity index (χ4n) is 2.98. The first-order valence-electron chi connectivity index (χ1n) is 10.1. The second-order valence-corrected chi connectivity index (χ2v) is 10.5. The number of aryl methyl sites for hydroxylation is 1. The van der Waals surface area contributed by atoms with E-state index in [2.05, 4.69) is 15.5 Å². The van der Waals surface area contributed by atoms with Gasteiger partial charge in [-0.15, -0.1) is 11.3 Å². The summed E-state index contributed by atoms with van der Waals surface area (Å²) in [5.41, 5.74) is 6.07. The highest BCUT2D eigenvalue weighted by atomic mass is 35.5. The zero-order chi connectivity index (χ0) is 25.0. The first-order valence-corrected chi connectivity index (χ1v) is 13.2. The second kappa shape index (κ2) is 10.7. The molecule has 0 bridgehead atoms. The van der Waals surface area contributed by atoms with Gasteiger partial charge in [0, 0.05) is 10.9 Å². The van der Waals surface area contributed by atoms with Crippen molar-refractivity contribution in [3.8, 4) is 22.8 Å². The molecule has 1 heterocycles. The van der Waals surface area contributed by atoms with Gasteiger partial charge >= 0.3 is 10.1 Å². The smallest absolute Gasteiger partial charge is 0.339 e. The lowest BCUT2D eigenvalue weighted by Gasteiger charge is -2.11. The lowest BCUT2D eigenvalue weighted by Crippen LogP contribution is -2.10. The summed E-state index contributed by atoms with van der Waals surface area (Å²) in [4.78, 5) is 4.54. The first-order chi connectivity index (χ1) is 16.7. The van der Waals surface area contributed by atoms with E-state index in [1.807, 2.05) is 18.4 Å². The Morgan fingerprint density at radius 3 is 2.49 bits per heavy atom. The van der Waals surface area contributed by atoms with Gasteiger partial charge in [0.2, 0.25) is 5.13 Å². The maximum Gasteiger partial charge on any atom is 0.339 e. The minimum absolute atomic E-state index is 0.0590. The van der Waals surface area contributed by atoms with Crippen molar-refractivity contribution in [3.63, 3.8) is 0 Å². The normalized spacial score (nSPS) is 11.5. The maximum absolute atomic E-state index is 12.6. The van der Waals surface area contributed by atoms with E-state index in [0.717, 1.165) is 16.8 Å². The average molecular weight is 548 g/mol. The van der Waals surface area contributed by atoms with Crippen LogP contribution in [0.4, 0.5) is 5.13 Å². The molecule has 4 rings (SSSR count). The summed E-state index contributed by atoms with van der Waals surface area (Å²) in [6, 6.07) is 16.5. The number of hydrogen-bond acceptors (Lipinski definition) is 8. The molecule has 1 N–H and O–H groups in total. The molecule has 0 unspecified atom stereocenters. The predicted molar refractivity (Wildman–Crippen MR) is 141 cm³/mol. The second-order valence-electron chi connectivity index (χ2n) is 7.30. The van der Waals surface area contributed by atoms with Gasteiger partial charge in [-0.3, -0.25) is 5.43 Å². The van der Waals surface area contributed by atoms with E-state index >= 15 is 0 Å².